The predicted octanol–water partition coefficient (Wildman–Crippen LogP) is 2.93. The van der Waals surface area contributed by atoms with Crippen molar-refractivity contribution in [2.24, 2.45) is 5.73 Å². The molecule has 6 nitrogen and oxygen atoms in total. The van der Waals surface area contributed by atoms with E-state index in [1.165, 1.54) is 11.3 Å². The molecule has 0 aromatic carbocycles. The molecular weight excluding hydrogens is 314 g/mol. The van der Waals surface area contributed by atoms with Gasteiger partial charge < -0.3 is 15.8 Å². The van der Waals surface area contributed by atoms with Gasteiger partial charge in [0.1, 0.15) is 10.6 Å². The summed E-state index contributed by atoms with van der Waals surface area (Å²) in [6.07, 6.45) is 6.11. The second-order valence-corrected chi connectivity index (χ2v) is 7.57. The number of thiazole rings is 1. The number of primary amides is 1. The fraction of sp³-hybridized carbons (Fsp3) is 0.562. The minimum atomic E-state index is -0.580. The predicted molar refractivity (Wildman–Crippen MR) is 90.0 cm³/mol. The van der Waals surface area contributed by atoms with E-state index in [9.17, 15) is 9.59 Å². The molecule has 1 heterocycles. The molecule has 1 aliphatic carbocycles. The Morgan fingerprint density at radius 1 is 1.48 bits per heavy atom. The Balaban J connectivity index is 2.13. The van der Waals surface area contributed by atoms with E-state index in [1.54, 1.807) is 20.8 Å². The molecule has 0 radical (unpaired) electrons. The van der Waals surface area contributed by atoms with Crippen LogP contribution in [-0.2, 0) is 16.0 Å². The Labute approximate surface area is 140 Å². The molecule has 0 bridgehead atoms. The summed E-state index contributed by atoms with van der Waals surface area (Å²) in [6.45, 7) is 5.41. The van der Waals surface area contributed by atoms with Gasteiger partial charge in [0.25, 0.3) is 0 Å². The molecule has 1 unspecified atom stereocenters. The Kier molecular flexibility index (Phi) is 5.41. The van der Waals surface area contributed by atoms with E-state index in [2.05, 4.69) is 22.5 Å². The molecule has 0 saturated carbocycles. The fourth-order valence-corrected chi connectivity index (χ4v) is 3.38. The van der Waals surface area contributed by atoms with Crippen molar-refractivity contribution in [1.29, 1.82) is 0 Å². The molecule has 7 heteroatoms. The number of carbonyl (C=O) groups excluding carboxylic acids is 2. The lowest BCUT2D eigenvalue weighted by Crippen LogP contribution is -2.35. The van der Waals surface area contributed by atoms with Crippen LogP contribution >= 0.6 is 11.3 Å². The van der Waals surface area contributed by atoms with Gasteiger partial charge in [-0.05, 0) is 46.1 Å². The highest BCUT2D eigenvalue weighted by Crippen LogP contribution is 2.30. The minimum Gasteiger partial charge on any atom is -0.444 e. The van der Waals surface area contributed by atoms with Crippen molar-refractivity contribution in [2.45, 2.75) is 58.1 Å². The van der Waals surface area contributed by atoms with Gasteiger partial charge in [0.2, 0.25) is 5.91 Å². The van der Waals surface area contributed by atoms with Gasteiger partial charge in [-0.3, -0.25) is 4.79 Å². The van der Waals surface area contributed by atoms with Gasteiger partial charge >= 0.3 is 6.09 Å². The number of rotatable bonds is 5. The summed E-state index contributed by atoms with van der Waals surface area (Å²) in [4.78, 5) is 28.9. The van der Waals surface area contributed by atoms with Crippen LogP contribution in [0.15, 0.2) is 6.08 Å². The van der Waals surface area contributed by atoms with Crippen molar-refractivity contribution >= 4 is 29.4 Å². The van der Waals surface area contributed by atoms with Crippen molar-refractivity contribution in [3.8, 4) is 0 Å². The SMILES string of the molecule is CC(C)(C)OC(=O)NC(CCC(N)=O)c1nc2c(s1)C=CCC2. The molecule has 0 saturated heterocycles. The van der Waals surface area contributed by atoms with Gasteiger partial charge in [-0.15, -0.1) is 11.3 Å². The van der Waals surface area contributed by atoms with Gasteiger partial charge in [0.15, 0.2) is 0 Å². The molecule has 3 N–H and O–H groups in total. The standard InChI is InChI=1S/C16H23N3O3S/c1-16(2,3)22-15(21)19-11(8-9-13(17)20)14-18-10-6-4-5-7-12(10)23-14/h5,7,11H,4,6,8-9H2,1-3H3,(H2,17,20)(H,19,21). The van der Waals surface area contributed by atoms with Gasteiger partial charge in [0, 0.05) is 6.42 Å². The zero-order valence-electron chi connectivity index (χ0n) is 13.7. The first-order valence-electron chi connectivity index (χ1n) is 7.68. The average molecular weight is 337 g/mol. The van der Waals surface area contributed by atoms with E-state index >= 15 is 0 Å². The number of nitrogens with one attached hydrogen (secondary N) is 1. The van der Waals surface area contributed by atoms with Crippen molar-refractivity contribution in [2.75, 3.05) is 0 Å². The minimum absolute atomic E-state index is 0.181. The van der Waals surface area contributed by atoms with Gasteiger partial charge in [-0.1, -0.05) is 6.08 Å². The maximum Gasteiger partial charge on any atom is 0.408 e. The van der Waals surface area contributed by atoms with Crippen molar-refractivity contribution in [3.05, 3.63) is 21.7 Å². The maximum absolute atomic E-state index is 12.0. The highest BCUT2D eigenvalue weighted by Gasteiger charge is 2.24. The van der Waals surface area contributed by atoms with Crippen LogP contribution in [0, 0.1) is 0 Å². The summed E-state index contributed by atoms with van der Waals surface area (Å²) in [5.74, 6) is -0.401. The maximum atomic E-state index is 12.0. The Morgan fingerprint density at radius 3 is 2.83 bits per heavy atom. The number of amides is 2. The van der Waals surface area contributed by atoms with Crippen LogP contribution in [-0.4, -0.2) is 22.6 Å². The number of aryl methyl sites for hydroxylation is 1. The van der Waals surface area contributed by atoms with Gasteiger partial charge in [-0.25, -0.2) is 9.78 Å². The third-order valence-corrected chi connectivity index (χ3v) is 4.41. The van der Waals surface area contributed by atoms with Crippen LogP contribution in [0.25, 0.3) is 6.08 Å². The molecule has 1 aromatic rings. The van der Waals surface area contributed by atoms with Crippen LogP contribution in [0.1, 0.15) is 61.7 Å². The zero-order valence-corrected chi connectivity index (χ0v) is 14.5. The number of ether oxygens (including phenoxy) is 1. The van der Waals surface area contributed by atoms with E-state index in [0.717, 1.165) is 28.4 Å². The van der Waals surface area contributed by atoms with Crippen LogP contribution in [0.3, 0.4) is 0 Å². The third kappa shape index (κ3) is 5.35. The van der Waals surface area contributed by atoms with Crippen molar-refractivity contribution in [3.63, 3.8) is 0 Å². The van der Waals surface area contributed by atoms with E-state index in [-0.39, 0.29) is 12.5 Å². The summed E-state index contributed by atoms with van der Waals surface area (Å²) in [5.41, 5.74) is 5.70. The number of hydrogen-bond acceptors (Lipinski definition) is 5. The summed E-state index contributed by atoms with van der Waals surface area (Å²) < 4.78 is 5.30. The average Bonchev–Trinajstić information content (AvgIpc) is 2.84. The summed E-state index contributed by atoms with van der Waals surface area (Å²) in [6, 6.07) is -0.374. The molecular formula is C16H23N3O3S. The zero-order chi connectivity index (χ0) is 17.0. The van der Waals surface area contributed by atoms with Crippen molar-refractivity contribution < 1.29 is 14.3 Å². The number of alkyl carbamates (subject to hydrolysis) is 1. The number of allylic oxidation sites excluding steroid dienone is 1. The van der Waals surface area contributed by atoms with Gasteiger partial charge in [-0.2, -0.15) is 0 Å². The monoisotopic (exact) mass is 337 g/mol. The first kappa shape index (κ1) is 17.5. The van der Waals surface area contributed by atoms with E-state index < -0.39 is 17.6 Å². The molecule has 23 heavy (non-hydrogen) atoms. The molecule has 1 aliphatic rings. The molecule has 1 aromatic heterocycles. The normalized spacial score (nSPS) is 14.9. The van der Waals surface area contributed by atoms with E-state index in [0.29, 0.717) is 6.42 Å². The van der Waals surface area contributed by atoms with E-state index in [1.807, 2.05) is 0 Å². The summed E-state index contributed by atoms with van der Waals surface area (Å²) in [7, 11) is 0. The molecule has 2 amide bonds. The number of nitrogens with two attached hydrogens (primary N) is 1. The molecule has 0 fully saturated rings. The van der Waals surface area contributed by atoms with Crippen molar-refractivity contribution in [1.82, 2.24) is 10.3 Å². The second-order valence-electron chi connectivity index (χ2n) is 6.51. The number of hydrogen-bond donors (Lipinski definition) is 2. The summed E-state index contributed by atoms with van der Waals surface area (Å²) >= 11 is 1.53. The number of aromatic nitrogens is 1. The Hall–Kier alpha value is -1.89. The van der Waals surface area contributed by atoms with Gasteiger partial charge in [0.05, 0.1) is 16.6 Å². The third-order valence-electron chi connectivity index (χ3n) is 3.23. The first-order chi connectivity index (χ1) is 10.7. The molecule has 1 atom stereocenters. The highest BCUT2D eigenvalue weighted by atomic mass is 32.1. The van der Waals surface area contributed by atoms with Crippen LogP contribution in [0.5, 0.6) is 0 Å². The Bertz CT molecular complexity index is 617. The van der Waals surface area contributed by atoms with Crippen LogP contribution < -0.4 is 11.1 Å². The number of carbonyl (C=O) groups is 2. The molecule has 126 valence electrons. The molecule has 0 aliphatic heterocycles. The first-order valence-corrected chi connectivity index (χ1v) is 8.50. The largest absolute Gasteiger partial charge is 0.444 e. The summed E-state index contributed by atoms with van der Waals surface area (Å²) in [5, 5.41) is 3.60. The van der Waals surface area contributed by atoms with E-state index in [4.69, 9.17) is 10.5 Å². The number of fused-ring (bicyclic) bond motifs is 1. The topological polar surface area (TPSA) is 94.3 Å². The quantitative estimate of drug-likeness (QED) is 0.863. The lowest BCUT2D eigenvalue weighted by Gasteiger charge is -2.22. The lowest BCUT2D eigenvalue weighted by atomic mass is 10.1. The fourth-order valence-electron chi connectivity index (χ4n) is 2.25. The molecule has 0 spiro atoms. The molecule has 2 rings (SSSR count). The second kappa shape index (κ2) is 7.12. The lowest BCUT2D eigenvalue weighted by molar-refractivity contribution is -0.118. The van der Waals surface area contributed by atoms with Crippen LogP contribution in [0.2, 0.25) is 0 Å². The Morgan fingerprint density at radius 2 is 2.22 bits per heavy atom. The highest BCUT2D eigenvalue weighted by molar-refractivity contribution is 7.12. The smallest absolute Gasteiger partial charge is 0.408 e. The van der Waals surface area contributed by atoms with Crippen LogP contribution in [0.4, 0.5) is 4.79 Å². The number of nitrogens with zero attached hydrogens (tertiary/aromatic N) is 1.